The maximum Gasteiger partial charge on any atom is 0.161 e. The van der Waals surface area contributed by atoms with Crippen LogP contribution in [0.4, 0.5) is 5.69 Å². The minimum Gasteiger partial charge on any atom is -0.363 e. The van der Waals surface area contributed by atoms with Crippen molar-refractivity contribution in [1.29, 1.82) is 0 Å². The number of thiazole rings is 1. The topological polar surface area (TPSA) is 24.9 Å². The van der Waals surface area contributed by atoms with Gasteiger partial charge in [-0.15, -0.1) is 11.3 Å². The fourth-order valence-corrected chi connectivity index (χ4v) is 6.99. The molecule has 1 N–H and O–H groups in total. The molecule has 1 unspecified atom stereocenters. The van der Waals surface area contributed by atoms with Gasteiger partial charge < -0.3 is 5.32 Å². The Labute approximate surface area is 133 Å². The van der Waals surface area contributed by atoms with Gasteiger partial charge in [-0.25, -0.2) is 4.98 Å². The zero-order valence-electron chi connectivity index (χ0n) is 10.3. The highest BCUT2D eigenvalue weighted by atomic mass is 33.1. The SMILES string of the molecule is c1ccc2c(c1)NC(SSc1nc3ccccc3s1)S2. The third-order valence-corrected chi connectivity index (χ3v) is 8.37. The molecule has 1 atom stereocenters. The Bertz CT molecular complexity index is 698. The number of rotatable bonds is 3. The zero-order valence-corrected chi connectivity index (χ0v) is 13.5. The van der Waals surface area contributed by atoms with Crippen LogP contribution < -0.4 is 5.32 Å². The van der Waals surface area contributed by atoms with E-state index in [9.17, 15) is 0 Å². The molecule has 2 aromatic carbocycles. The van der Waals surface area contributed by atoms with Crippen molar-refractivity contribution in [2.24, 2.45) is 0 Å². The molecule has 3 aromatic rings. The lowest BCUT2D eigenvalue weighted by atomic mass is 10.3. The zero-order chi connectivity index (χ0) is 13.4. The van der Waals surface area contributed by atoms with Gasteiger partial charge in [0.25, 0.3) is 0 Å². The van der Waals surface area contributed by atoms with E-state index in [0.717, 1.165) is 9.86 Å². The van der Waals surface area contributed by atoms with E-state index in [1.54, 1.807) is 22.1 Å². The number of nitrogens with zero attached hydrogens (tertiary/aromatic N) is 1. The fraction of sp³-hybridized carbons (Fsp3) is 0.0714. The van der Waals surface area contributed by atoms with Crippen molar-refractivity contribution in [1.82, 2.24) is 4.98 Å². The predicted octanol–water partition coefficient (Wildman–Crippen LogP) is 5.54. The van der Waals surface area contributed by atoms with Crippen LogP contribution >= 0.6 is 44.7 Å². The number of hydrogen-bond donors (Lipinski definition) is 1. The molecule has 20 heavy (non-hydrogen) atoms. The van der Waals surface area contributed by atoms with E-state index in [2.05, 4.69) is 52.8 Å². The van der Waals surface area contributed by atoms with E-state index in [1.165, 1.54) is 15.3 Å². The minimum atomic E-state index is 0.351. The lowest BCUT2D eigenvalue weighted by Gasteiger charge is -2.06. The molecule has 0 bridgehead atoms. The van der Waals surface area contributed by atoms with Gasteiger partial charge >= 0.3 is 0 Å². The van der Waals surface area contributed by atoms with Crippen LogP contribution in [0.2, 0.25) is 0 Å². The number of nitrogens with one attached hydrogen (secondary N) is 1. The summed E-state index contributed by atoms with van der Waals surface area (Å²) >= 11 is 3.63. The van der Waals surface area contributed by atoms with E-state index in [4.69, 9.17) is 0 Å². The van der Waals surface area contributed by atoms with E-state index in [1.807, 2.05) is 28.6 Å². The predicted molar refractivity (Wildman–Crippen MR) is 92.8 cm³/mol. The van der Waals surface area contributed by atoms with Crippen LogP contribution in [0.15, 0.2) is 57.8 Å². The van der Waals surface area contributed by atoms with Crippen molar-refractivity contribution in [3.05, 3.63) is 48.5 Å². The summed E-state index contributed by atoms with van der Waals surface area (Å²) in [5.41, 5.74) is 2.33. The first-order valence-corrected chi connectivity index (χ1v) is 10.0. The van der Waals surface area contributed by atoms with Gasteiger partial charge in [0.05, 0.1) is 10.2 Å². The first kappa shape index (κ1) is 12.9. The Kier molecular flexibility index (Phi) is 3.56. The van der Waals surface area contributed by atoms with Crippen molar-refractivity contribution in [2.45, 2.75) is 13.9 Å². The summed E-state index contributed by atoms with van der Waals surface area (Å²) in [5, 5.41) is 3.52. The summed E-state index contributed by atoms with van der Waals surface area (Å²) in [7, 11) is 3.58. The average molecular weight is 335 g/mol. The number of fused-ring (bicyclic) bond motifs is 2. The first-order valence-electron chi connectivity index (χ1n) is 6.10. The fourth-order valence-electron chi connectivity index (χ4n) is 1.98. The molecule has 2 nitrogen and oxygen atoms in total. The number of thioether (sulfide) groups is 1. The molecule has 0 saturated heterocycles. The average Bonchev–Trinajstić information content (AvgIpc) is 3.07. The summed E-state index contributed by atoms with van der Waals surface area (Å²) in [5.74, 6) is 0. The van der Waals surface area contributed by atoms with Crippen LogP contribution in [0, 0.1) is 0 Å². The molecule has 0 fully saturated rings. The van der Waals surface area contributed by atoms with Gasteiger partial charge in [-0.3, -0.25) is 0 Å². The highest BCUT2D eigenvalue weighted by molar-refractivity contribution is 8.78. The Morgan fingerprint density at radius 3 is 2.80 bits per heavy atom. The molecule has 0 aliphatic carbocycles. The van der Waals surface area contributed by atoms with Crippen molar-refractivity contribution in [3.63, 3.8) is 0 Å². The highest BCUT2D eigenvalue weighted by Gasteiger charge is 2.22. The van der Waals surface area contributed by atoms with Crippen molar-refractivity contribution < 1.29 is 0 Å². The van der Waals surface area contributed by atoms with E-state index < -0.39 is 0 Å². The molecule has 1 aliphatic rings. The summed E-state index contributed by atoms with van der Waals surface area (Å²) in [6.07, 6.45) is 0. The molecule has 0 radical (unpaired) electrons. The summed E-state index contributed by atoms with van der Waals surface area (Å²) in [6.45, 7) is 0. The standard InChI is InChI=1S/C14H10N2S4/c1-3-7-11-9(5-1)15-13(17-11)19-20-14-16-10-6-2-4-8-12(10)18-14/h1-8,13,15H. The second kappa shape index (κ2) is 5.52. The largest absolute Gasteiger partial charge is 0.363 e. The van der Waals surface area contributed by atoms with Gasteiger partial charge in [0, 0.05) is 10.6 Å². The van der Waals surface area contributed by atoms with Crippen LogP contribution in [0.5, 0.6) is 0 Å². The molecular formula is C14H10N2S4. The van der Waals surface area contributed by atoms with Crippen molar-refractivity contribution in [3.8, 4) is 0 Å². The van der Waals surface area contributed by atoms with Crippen molar-refractivity contribution in [2.75, 3.05) is 5.32 Å². The number of benzene rings is 2. The molecule has 0 amide bonds. The van der Waals surface area contributed by atoms with Gasteiger partial charge in [0.1, 0.15) is 4.71 Å². The molecule has 0 spiro atoms. The summed E-state index contributed by atoms with van der Waals surface area (Å²) in [6, 6.07) is 16.7. The number of para-hydroxylation sites is 2. The van der Waals surface area contributed by atoms with Crippen LogP contribution in [0.3, 0.4) is 0 Å². The van der Waals surface area contributed by atoms with Crippen LogP contribution in [0.25, 0.3) is 10.2 Å². The number of aromatic nitrogens is 1. The molecule has 100 valence electrons. The number of anilines is 1. The summed E-state index contributed by atoms with van der Waals surface area (Å²) < 4.78 is 2.73. The second-order valence-corrected chi connectivity index (χ2v) is 9.25. The maximum absolute atomic E-state index is 4.65. The lowest BCUT2D eigenvalue weighted by molar-refractivity contribution is 1.31. The third kappa shape index (κ3) is 2.53. The molecule has 1 aliphatic heterocycles. The minimum absolute atomic E-state index is 0.351. The first-order chi connectivity index (χ1) is 9.88. The number of hydrogen-bond acceptors (Lipinski definition) is 6. The van der Waals surface area contributed by atoms with E-state index in [-0.39, 0.29) is 0 Å². The second-order valence-electron chi connectivity index (χ2n) is 4.22. The third-order valence-electron chi connectivity index (χ3n) is 2.88. The smallest absolute Gasteiger partial charge is 0.161 e. The van der Waals surface area contributed by atoms with Gasteiger partial charge in [0.15, 0.2) is 4.34 Å². The van der Waals surface area contributed by atoms with Crippen LogP contribution in [-0.4, -0.2) is 9.69 Å². The molecule has 4 rings (SSSR count). The Hall–Kier alpha value is -0.820. The van der Waals surface area contributed by atoms with Gasteiger partial charge in [-0.2, -0.15) is 0 Å². The van der Waals surface area contributed by atoms with E-state index in [0.29, 0.717) is 4.71 Å². The van der Waals surface area contributed by atoms with Gasteiger partial charge in [-0.1, -0.05) is 36.0 Å². The Morgan fingerprint density at radius 1 is 1.05 bits per heavy atom. The van der Waals surface area contributed by atoms with Gasteiger partial charge in [0.2, 0.25) is 0 Å². The maximum atomic E-state index is 4.65. The van der Waals surface area contributed by atoms with E-state index >= 15 is 0 Å². The Balaban J connectivity index is 1.44. The van der Waals surface area contributed by atoms with Crippen molar-refractivity contribution >= 4 is 60.6 Å². The quantitative estimate of drug-likeness (QED) is 0.634. The molecule has 2 heterocycles. The normalized spacial score (nSPS) is 17.1. The van der Waals surface area contributed by atoms with Crippen LogP contribution in [-0.2, 0) is 0 Å². The molecule has 6 heteroatoms. The lowest BCUT2D eigenvalue weighted by Crippen LogP contribution is -2.02. The molecule has 1 aromatic heterocycles. The molecular weight excluding hydrogens is 324 g/mol. The highest BCUT2D eigenvalue weighted by Crippen LogP contribution is 2.48. The van der Waals surface area contributed by atoms with Crippen LogP contribution in [0.1, 0.15) is 0 Å². The van der Waals surface area contributed by atoms with Gasteiger partial charge in [-0.05, 0) is 45.9 Å². The summed E-state index contributed by atoms with van der Waals surface area (Å²) in [4.78, 5) is 5.98. The monoisotopic (exact) mass is 334 g/mol. The Morgan fingerprint density at radius 2 is 1.90 bits per heavy atom. The molecule has 0 saturated carbocycles.